The van der Waals surface area contributed by atoms with Gasteiger partial charge in [0.1, 0.15) is 6.54 Å². The molecule has 2 amide bonds. The lowest BCUT2D eigenvalue weighted by Gasteiger charge is -2.39. The maximum Gasteiger partial charge on any atom is 0.244 e. The van der Waals surface area contributed by atoms with E-state index in [9.17, 15) is 14.7 Å². The zero-order valence-electron chi connectivity index (χ0n) is 14.4. The van der Waals surface area contributed by atoms with Gasteiger partial charge in [-0.3, -0.25) is 14.3 Å². The maximum absolute atomic E-state index is 12.4. The Morgan fingerprint density at radius 2 is 2.00 bits per heavy atom. The maximum atomic E-state index is 12.4. The van der Waals surface area contributed by atoms with Crippen molar-refractivity contribution in [3.8, 4) is 0 Å². The van der Waals surface area contributed by atoms with Crippen LogP contribution in [0.5, 0.6) is 0 Å². The zero-order valence-corrected chi connectivity index (χ0v) is 14.4. The van der Waals surface area contributed by atoms with Crippen LogP contribution < -0.4 is 0 Å². The number of carbonyl (C=O) groups is 2. The molecule has 0 aliphatic carbocycles. The predicted molar refractivity (Wildman–Crippen MR) is 88.0 cm³/mol. The molecule has 2 aliphatic rings. The second kappa shape index (κ2) is 6.20. The number of aliphatic hydroxyl groups excluding tert-OH is 1. The van der Waals surface area contributed by atoms with Gasteiger partial charge in [0, 0.05) is 39.0 Å². The highest BCUT2D eigenvalue weighted by Gasteiger charge is 2.52. The van der Waals surface area contributed by atoms with Crippen molar-refractivity contribution in [2.45, 2.75) is 45.2 Å². The molecule has 2 saturated heterocycles. The molecule has 2 aliphatic heterocycles. The highest BCUT2D eigenvalue weighted by molar-refractivity contribution is 5.76. The van der Waals surface area contributed by atoms with Crippen molar-refractivity contribution in [1.82, 2.24) is 19.6 Å². The summed E-state index contributed by atoms with van der Waals surface area (Å²) in [6, 6.07) is 1.81. The van der Waals surface area contributed by atoms with E-state index in [1.165, 1.54) is 0 Å². The molecule has 3 heterocycles. The Morgan fingerprint density at radius 3 is 2.50 bits per heavy atom. The lowest BCUT2D eigenvalue weighted by Crippen LogP contribution is -2.46. The fraction of sp³-hybridized carbons (Fsp3) is 0.706. The van der Waals surface area contributed by atoms with Crippen LogP contribution in [0.3, 0.4) is 0 Å². The van der Waals surface area contributed by atoms with Crippen LogP contribution in [-0.2, 0) is 16.1 Å². The Labute approximate surface area is 142 Å². The quantitative estimate of drug-likeness (QED) is 0.873. The SMILES string of the molecule is CC(=O)N1CC2(CCN(C(=O)Cn3cccn3)CC2)C[C@@]1(C)CO. The molecule has 132 valence electrons. The normalized spacial score (nSPS) is 26.1. The van der Waals surface area contributed by atoms with Gasteiger partial charge in [-0.2, -0.15) is 5.10 Å². The summed E-state index contributed by atoms with van der Waals surface area (Å²) >= 11 is 0. The standard InChI is InChI=1S/C17H26N4O3/c1-14(23)21-12-17(11-16(21,2)13-22)4-8-19(9-5-17)15(24)10-20-7-3-6-18-20/h3,6-7,22H,4-5,8-13H2,1-2H3/t16-/m0/s1. The minimum Gasteiger partial charge on any atom is -0.394 e. The van der Waals surface area contributed by atoms with E-state index in [2.05, 4.69) is 5.10 Å². The molecule has 1 atom stereocenters. The monoisotopic (exact) mass is 334 g/mol. The van der Waals surface area contributed by atoms with Gasteiger partial charge in [0.15, 0.2) is 0 Å². The number of aromatic nitrogens is 2. The van der Waals surface area contributed by atoms with E-state index in [1.807, 2.05) is 22.8 Å². The van der Waals surface area contributed by atoms with Crippen LogP contribution >= 0.6 is 0 Å². The number of amides is 2. The molecule has 24 heavy (non-hydrogen) atoms. The third-order valence-corrected chi connectivity index (χ3v) is 5.65. The summed E-state index contributed by atoms with van der Waals surface area (Å²) in [7, 11) is 0. The van der Waals surface area contributed by atoms with Crippen LogP contribution in [0.1, 0.15) is 33.1 Å². The number of carbonyl (C=O) groups excluding carboxylic acids is 2. The van der Waals surface area contributed by atoms with Gasteiger partial charge in [0.2, 0.25) is 11.8 Å². The molecular weight excluding hydrogens is 308 g/mol. The Morgan fingerprint density at radius 1 is 1.29 bits per heavy atom. The Kier molecular flexibility index (Phi) is 4.38. The third kappa shape index (κ3) is 3.05. The van der Waals surface area contributed by atoms with Crippen LogP contribution in [0.25, 0.3) is 0 Å². The fourth-order valence-corrected chi connectivity index (χ4v) is 4.32. The lowest BCUT2D eigenvalue weighted by atomic mass is 9.74. The molecule has 0 radical (unpaired) electrons. The Hall–Kier alpha value is -1.89. The van der Waals surface area contributed by atoms with Crippen LogP contribution in [-0.4, -0.2) is 68.3 Å². The number of likely N-dealkylation sites (tertiary alicyclic amines) is 2. The molecule has 1 N–H and O–H groups in total. The molecule has 1 spiro atoms. The van der Waals surface area contributed by atoms with Crippen molar-refractivity contribution in [3.63, 3.8) is 0 Å². The van der Waals surface area contributed by atoms with Crippen molar-refractivity contribution in [2.75, 3.05) is 26.2 Å². The van der Waals surface area contributed by atoms with Crippen molar-refractivity contribution >= 4 is 11.8 Å². The smallest absolute Gasteiger partial charge is 0.244 e. The zero-order chi connectivity index (χ0) is 17.4. The lowest BCUT2D eigenvalue weighted by molar-refractivity contribution is -0.136. The van der Waals surface area contributed by atoms with E-state index in [0.29, 0.717) is 19.6 Å². The van der Waals surface area contributed by atoms with Gasteiger partial charge in [-0.05, 0) is 37.7 Å². The average Bonchev–Trinajstić information content (AvgIpc) is 3.15. The van der Waals surface area contributed by atoms with E-state index < -0.39 is 5.54 Å². The summed E-state index contributed by atoms with van der Waals surface area (Å²) in [6.45, 7) is 5.86. The topological polar surface area (TPSA) is 78.7 Å². The first-order chi connectivity index (χ1) is 11.4. The van der Waals surface area contributed by atoms with Gasteiger partial charge in [-0.25, -0.2) is 0 Å². The van der Waals surface area contributed by atoms with Crippen LogP contribution in [0.15, 0.2) is 18.5 Å². The van der Waals surface area contributed by atoms with E-state index in [1.54, 1.807) is 24.0 Å². The first kappa shape index (κ1) is 17.0. The summed E-state index contributed by atoms with van der Waals surface area (Å²) in [5.41, 5.74) is -0.460. The third-order valence-electron chi connectivity index (χ3n) is 5.65. The minimum absolute atomic E-state index is 0.0145. The molecular formula is C17H26N4O3. The molecule has 7 heteroatoms. The van der Waals surface area contributed by atoms with E-state index in [0.717, 1.165) is 19.3 Å². The van der Waals surface area contributed by atoms with Gasteiger partial charge in [-0.1, -0.05) is 0 Å². The van der Waals surface area contributed by atoms with E-state index >= 15 is 0 Å². The number of hydrogen-bond donors (Lipinski definition) is 1. The number of hydrogen-bond acceptors (Lipinski definition) is 4. The summed E-state index contributed by atoms with van der Waals surface area (Å²) in [6.07, 6.45) is 6.01. The van der Waals surface area contributed by atoms with Crippen LogP contribution in [0.2, 0.25) is 0 Å². The van der Waals surface area contributed by atoms with E-state index in [4.69, 9.17) is 0 Å². The number of piperidine rings is 1. The summed E-state index contributed by atoms with van der Waals surface area (Å²) in [5.74, 6) is 0.0977. The minimum atomic E-state index is -0.479. The fourth-order valence-electron chi connectivity index (χ4n) is 4.32. The van der Waals surface area contributed by atoms with Gasteiger partial charge in [-0.15, -0.1) is 0 Å². The summed E-state index contributed by atoms with van der Waals surface area (Å²) < 4.78 is 1.64. The summed E-state index contributed by atoms with van der Waals surface area (Å²) in [5, 5.41) is 13.9. The van der Waals surface area contributed by atoms with Crippen molar-refractivity contribution in [1.29, 1.82) is 0 Å². The largest absolute Gasteiger partial charge is 0.394 e. The molecule has 1 aromatic rings. The van der Waals surface area contributed by atoms with Crippen LogP contribution in [0, 0.1) is 5.41 Å². The van der Waals surface area contributed by atoms with Gasteiger partial charge >= 0.3 is 0 Å². The molecule has 1 aromatic heterocycles. The Balaban J connectivity index is 1.62. The van der Waals surface area contributed by atoms with Crippen LogP contribution in [0.4, 0.5) is 0 Å². The number of nitrogens with zero attached hydrogens (tertiary/aromatic N) is 4. The molecule has 0 bridgehead atoms. The summed E-state index contributed by atoms with van der Waals surface area (Å²) in [4.78, 5) is 28.0. The predicted octanol–water partition coefficient (Wildman–Crippen LogP) is 0.495. The molecule has 0 unspecified atom stereocenters. The van der Waals surface area contributed by atoms with E-state index in [-0.39, 0.29) is 30.4 Å². The molecule has 7 nitrogen and oxygen atoms in total. The second-order valence-electron chi connectivity index (χ2n) is 7.52. The second-order valence-corrected chi connectivity index (χ2v) is 7.52. The molecule has 0 aromatic carbocycles. The van der Waals surface area contributed by atoms with Crippen molar-refractivity contribution in [3.05, 3.63) is 18.5 Å². The number of aliphatic hydroxyl groups is 1. The molecule has 3 rings (SSSR count). The molecule has 2 fully saturated rings. The highest BCUT2D eigenvalue weighted by atomic mass is 16.3. The van der Waals surface area contributed by atoms with Crippen molar-refractivity contribution < 1.29 is 14.7 Å². The number of rotatable bonds is 3. The first-order valence-corrected chi connectivity index (χ1v) is 8.52. The van der Waals surface area contributed by atoms with Crippen molar-refractivity contribution in [2.24, 2.45) is 5.41 Å². The Bertz CT molecular complexity index is 607. The van der Waals surface area contributed by atoms with Gasteiger partial charge < -0.3 is 14.9 Å². The van der Waals surface area contributed by atoms with Gasteiger partial charge in [0.25, 0.3) is 0 Å². The molecule has 0 saturated carbocycles. The highest BCUT2D eigenvalue weighted by Crippen LogP contribution is 2.47. The first-order valence-electron chi connectivity index (χ1n) is 8.52. The average molecular weight is 334 g/mol. The van der Waals surface area contributed by atoms with Gasteiger partial charge in [0.05, 0.1) is 12.1 Å².